The summed E-state index contributed by atoms with van der Waals surface area (Å²) < 4.78 is 0. The lowest BCUT2D eigenvalue weighted by Crippen LogP contribution is -1.85. The number of fused-ring (bicyclic) bond motifs is 7. The Morgan fingerprint density at radius 3 is 2.05 bits per heavy atom. The third-order valence-electron chi connectivity index (χ3n) is 4.13. The van der Waals surface area contributed by atoms with Gasteiger partial charge in [0.25, 0.3) is 0 Å². The molecule has 98 valence electrons. The molecule has 0 aliphatic rings. The highest BCUT2D eigenvalue weighted by Crippen LogP contribution is 2.36. The zero-order valence-corrected chi connectivity index (χ0v) is 12.0. The first-order chi connectivity index (χ1) is 10.4. The molecule has 0 amide bonds. The van der Waals surface area contributed by atoms with Crippen LogP contribution in [0.3, 0.4) is 0 Å². The molecule has 5 rings (SSSR count). The maximum absolute atomic E-state index is 4.93. The Balaban J connectivity index is 2.21. The number of benzene rings is 3. The lowest BCUT2D eigenvalue weighted by atomic mass is 9.97. The third kappa shape index (κ3) is 1.48. The van der Waals surface area contributed by atoms with Crippen LogP contribution in [0.4, 0.5) is 0 Å². The number of rotatable bonds is 0. The van der Waals surface area contributed by atoms with Crippen molar-refractivity contribution in [2.24, 2.45) is 0 Å². The van der Waals surface area contributed by atoms with E-state index in [0.29, 0.717) is 0 Å². The molecule has 0 unspecified atom stereocenters. The van der Waals surface area contributed by atoms with Crippen LogP contribution < -0.4 is 0 Å². The number of nitrogens with zero attached hydrogens (tertiary/aromatic N) is 1. The molecule has 1 nitrogen and oxygen atoms in total. The first-order valence-electron chi connectivity index (χ1n) is 6.99. The molecule has 0 saturated heterocycles. The molecule has 2 aromatic heterocycles. The lowest BCUT2D eigenvalue weighted by Gasteiger charge is -2.09. The van der Waals surface area contributed by atoms with Gasteiger partial charge in [0.2, 0.25) is 0 Å². The van der Waals surface area contributed by atoms with Crippen molar-refractivity contribution >= 4 is 54.0 Å². The van der Waals surface area contributed by atoms with Gasteiger partial charge in [-0.1, -0.05) is 48.5 Å². The molecule has 0 atom stereocenters. The molecule has 0 aliphatic heterocycles. The second-order valence-electron chi connectivity index (χ2n) is 5.29. The van der Waals surface area contributed by atoms with Gasteiger partial charge in [-0.25, -0.2) is 4.98 Å². The maximum Gasteiger partial charge on any atom is 0.124 e. The van der Waals surface area contributed by atoms with Crippen LogP contribution in [-0.2, 0) is 0 Å². The smallest absolute Gasteiger partial charge is 0.124 e. The van der Waals surface area contributed by atoms with E-state index >= 15 is 0 Å². The van der Waals surface area contributed by atoms with Crippen molar-refractivity contribution in [2.75, 3.05) is 0 Å². The Labute approximate surface area is 125 Å². The molecule has 0 radical (unpaired) electrons. The topological polar surface area (TPSA) is 12.9 Å². The van der Waals surface area contributed by atoms with Crippen molar-refractivity contribution in [3.8, 4) is 0 Å². The molecule has 0 saturated carbocycles. The second-order valence-corrected chi connectivity index (χ2v) is 6.19. The highest BCUT2D eigenvalue weighted by Gasteiger charge is 2.10. The number of aromatic nitrogens is 1. The zero-order chi connectivity index (χ0) is 13.8. The quantitative estimate of drug-likeness (QED) is 0.330. The summed E-state index contributed by atoms with van der Waals surface area (Å²) in [7, 11) is 0. The van der Waals surface area contributed by atoms with E-state index in [2.05, 4.69) is 66.0 Å². The minimum absolute atomic E-state index is 1.11. The van der Waals surface area contributed by atoms with Gasteiger partial charge >= 0.3 is 0 Å². The lowest BCUT2D eigenvalue weighted by molar-refractivity contribution is 1.57. The van der Waals surface area contributed by atoms with Gasteiger partial charge in [0.15, 0.2) is 0 Å². The molecule has 2 heteroatoms. The minimum atomic E-state index is 1.11. The maximum atomic E-state index is 4.93. The van der Waals surface area contributed by atoms with Crippen LogP contribution >= 0.6 is 11.3 Å². The van der Waals surface area contributed by atoms with Gasteiger partial charge < -0.3 is 0 Å². The molecule has 0 spiro atoms. The van der Waals surface area contributed by atoms with E-state index < -0.39 is 0 Å². The standard InChI is InChI=1S/C19H11NS/c1-2-7-15-13(5-1)14-6-3-4-8-16(14)18-17(15)11-12-9-10-21-19(12)20-18/h1-11H. The Hall–Kier alpha value is -2.45. The van der Waals surface area contributed by atoms with Crippen LogP contribution in [0.5, 0.6) is 0 Å². The van der Waals surface area contributed by atoms with E-state index in [0.717, 1.165) is 10.3 Å². The number of thiophene rings is 1. The van der Waals surface area contributed by atoms with Crippen molar-refractivity contribution in [3.05, 3.63) is 66.0 Å². The summed E-state index contributed by atoms with van der Waals surface area (Å²) >= 11 is 1.70. The normalized spacial score (nSPS) is 11.8. The SMILES string of the molecule is c1ccc2c(c1)c1ccccc1c1nc3sccc3cc21. The first-order valence-corrected chi connectivity index (χ1v) is 7.87. The molecule has 0 N–H and O–H groups in total. The van der Waals surface area contributed by atoms with E-state index in [-0.39, 0.29) is 0 Å². The first kappa shape index (κ1) is 11.2. The van der Waals surface area contributed by atoms with E-state index in [1.54, 1.807) is 11.3 Å². The molecule has 0 fully saturated rings. The van der Waals surface area contributed by atoms with Gasteiger partial charge in [0.05, 0.1) is 5.52 Å². The predicted molar refractivity (Wildman–Crippen MR) is 92.1 cm³/mol. The van der Waals surface area contributed by atoms with Crippen molar-refractivity contribution in [1.82, 2.24) is 4.98 Å². The number of hydrogen-bond donors (Lipinski definition) is 0. The third-order valence-corrected chi connectivity index (χ3v) is 4.95. The van der Waals surface area contributed by atoms with Crippen molar-refractivity contribution in [2.45, 2.75) is 0 Å². The summed E-state index contributed by atoms with van der Waals surface area (Å²) in [5.74, 6) is 0. The van der Waals surface area contributed by atoms with Gasteiger partial charge in [0, 0.05) is 16.2 Å². The molecule has 0 bridgehead atoms. The highest BCUT2D eigenvalue weighted by molar-refractivity contribution is 7.16. The van der Waals surface area contributed by atoms with E-state index in [1.807, 2.05) is 0 Å². The fourth-order valence-corrected chi connectivity index (χ4v) is 3.94. The van der Waals surface area contributed by atoms with Crippen LogP contribution in [0.25, 0.3) is 42.7 Å². The van der Waals surface area contributed by atoms with Crippen LogP contribution in [0, 0.1) is 0 Å². The summed E-state index contributed by atoms with van der Waals surface area (Å²) in [6, 6.07) is 21.6. The van der Waals surface area contributed by atoms with Crippen molar-refractivity contribution < 1.29 is 0 Å². The Kier molecular flexibility index (Phi) is 2.15. The Bertz CT molecular complexity index is 1050. The van der Waals surface area contributed by atoms with Crippen LogP contribution in [0.15, 0.2) is 66.0 Å². The van der Waals surface area contributed by atoms with E-state index in [9.17, 15) is 0 Å². The fraction of sp³-hybridized carbons (Fsp3) is 0. The van der Waals surface area contributed by atoms with Gasteiger partial charge in [-0.2, -0.15) is 0 Å². The average molecular weight is 285 g/mol. The van der Waals surface area contributed by atoms with Gasteiger partial charge in [-0.3, -0.25) is 0 Å². The largest absolute Gasteiger partial charge is 0.236 e. The van der Waals surface area contributed by atoms with Gasteiger partial charge in [-0.05, 0) is 33.7 Å². The van der Waals surface area contributed by atoms with Crippen LogP contribution in [0.2, 0.25) is 0 Å². The summed E-state index contributed by atoms with van der Waals surface area (Å²) in [6.07, 6.45) is 0. The summed E-state index contributed by atoms with van der Waals surface area (Å²) in [6.45, 7) is 0. The molecule has 2 heterocycles. The molecule has 0 aliphatic carbocycles. The minimum Gasteiger partial charge on any atom is -0.236 e. The number of hydrogen-bond acceptors (Lipinski definition) is 2. The second kappa shape index (κ2) is 4.03. The molecular formula is C19H11NS. The van der Waals surface area contributed by atoms with Gasteiger partial charge in [0.1, 0.15) is 4.83 Å². The number of pyridine rings is 1. The molecule has 5 aromatic rings. The zero-order valence-electron chi connectivity index (χ0n) is 11.2. The Morgan fingerprint density at radius 1 is 0.667 bits per heavy atom. The highest BCUT2D eigenvalue weighted by atomic mass is 32.1. The predicted octanol–water partition coefficient (Wildman–Crippen LogP) is 5.76. The van der Waals surface area contributed by atoms with E-state index in [4.69, 9.17) is 4.98 Å². The average Bonchev–Trinajstić information content (AvgIpc) is 3.01. The summed E-state index contributed by atoms with van der Waals surface area (Å²) in [4.78, 5) is 6.05. The van der Waals surface area contributed by atoms with E-state index in [1.165, 1.54) is 32.3 Å². The Morgan fingerprint density at radius 2 is 1.29 bits per heavy atom. The monoisotopic (exact) mass is 285 g/mol. The van der Waals surface area contributed by atoms with Crippen molar-refractivity contribution in [3.63, 3.8) is 0 Å². The fourth-order valence-electron chi connectivity index (χ4n) is 3.19. The molecular weight excluding hydrogens is 274 g/mol. The molecule has 3 aromatic carbocycles. The summed E-state index contributed by atoms with van der Waals surface area (Å²) in [5.41, 5.74) is 1.11. The van der Waals surface area contributed by atoms with Gasteiger partial charge in [-0.15, -0.1) is 11.3 Å². The van der Waals surface area contributed by atoms with Crippen LogP contribution in [0.1, 0.15) is 0 Å². The van der Waals surface area contributed by atoms with Crippen LogP contribution in [-0.4, -0.2) is 4.98 Å². The summed E-state index contributed by atoms with van der Waals surface area (Å²) in [5, 5.41) is 9.69. The molecule has 21 heavy (non-hydrogen) atoms. The van der Waals surface area contributed by atoms with Crippen molar-refractivity contribution in [1.29, 1.82) is 0 Å².